The molecule has 1 aliphatic heterocycles. The van der Waals surface area contributed by atoms with Crippen LogP contribution in [0.1, 0.15) is 16.8 Å². The molecule has 1 fully saturated rings. The summed E-state index contributed by atoms with van der Waals surface area (Å²) in [6, 6.07) is 3.59. The summed E-state index contributed by atoms with van der Waals surface area (Å²) in [6.07, 6.45) is 1.86. The highest BCUT2D eigenvalue weighted by Crippen LogP contribution is 2.22. The molecule has 2 heterocycles. The van der Waals surface area contributed by atoms with Crippen LogP contribution >= 0.6 is 35.3 Å². The van der Waals surface area contributed by atoms with Gasteiger partial charge in [-0.2, -0.15) is 0 Å². The molecule has 1 N–H and O–H groups in total. The van der Waals surface area contributed by atoms with Crippen molar-refractivity contribution in [2.24, 2.45) is 4.99 Å². The van der Waals surface area contributed by atoms with E-state index in [4.69, 9.17) is 4.99 Å². The lowest BCUT2D eigenvalue weighted by atomic mass is 10.2. The van der Waals surface area contributed by atoms with E-state index in [1.807, 2.05) is 24.9 Å². The standard InChI is InChI=1S/C18H23F2N5S.HI/c1-3-21-18(23-12-15-11-22-13(2)26-15)25-8-6-24(7-9-25)17-10-14(19)4-5-16(17)20;/h4-5,10-11H,3,6-9,12H2,1-2H3,(H,21,23);1H. The molecule has 1 aliphatic rings. The Morgan fingerprint density at radius 1 is 1.26 bits per heavy atom. The molecule has 148 valence electrons. The Labute approximate surface area is 179 Å². The molecular formula is C18H24F2IN5S. The zero-order valence-electron chi connectivity index (χ0n) is 15.4. The monoisotopic (exact) mass is 507 g/mol. The summed E-state index contributed by atoms with van der Waals surface area (Å²) < 4.78 is 27.4. The van der Waals surface area contributed by atoms with E-state index in [-0.39, 0.29) is 29.8 Å². The lowest BCUT2D eigenvalue weighted by molar-refractivity contribution is 0.370. The zero-order chi connectivity index (χ0) is 18.5. The van der Waals surface area contributed by atoms with Crippen LogP contribution in [-0.2, 0) is 6.54 Å². The van der Waals surface area contributed by atoms with Crippen LogP contribution in [0.5, 0.6) is 0 Å². The number of aliphatic imine (C=N–C) groups is 1. The average Bonchev–Trinajstić information content (AvgIpc) is 3.06. The van der Waals surface area contributed by atoms with Crippen LogP contribution in [0.25, 0.3) is 0 Å². The number of aromatic nitrogens is 1. The number of rotatable bonds is 4. The van der Waals surface area contributed by atoms with E-state index in [0.717, 1.165) is 28.5 Å². The van der Waals surface area contributed by atoms with Gasteiger partial charge in [0, 0.05) is 49.9 Å². The molecule has 0 aliphatic carbocycles. The predicted octanol–water partition coefficient (Wildman–Crippen LogP) is 3.64. The summed E-state index contributed by atoms with van der Waals surface area (Å²) in [4.78, 5) is 14.1. The second-order valence-corrected chi connectivity index (χ2v) is 7.40. The van der Waals surface area contributed by atoms with Gasteiger partial charge in [-0.3, -0.25) is 0 Å². The molecule has 0 bridgehead atoms. The SMILES string of the molecule is CCNC(=NCc1cnc(C)s1)N1CCN(c2cc(F)ccc2F)CC1.I. The third kappa shape index (κ3) is 5.74. The number of anilines is 1. The van der Waals surface area contributed by atoms with Crippen LogP contribution in [0.15, 0.2) is 29.4 Å². The maximum Gasteiger partial charge on any atom is 0.194 e. The van der Waals surface area contributed by atoms with Crippen LogP contribution in [-0.4, -0.2) is 48.6 Å². The van der Waals surface area contributed by atoms with Crippen molar-refractivity contribution in [2.45, 2.75) is 20.4 Å². The van der Waals surface area contributed by atoms with Gasteiger partial charge in [0.15, 0.2) is 5.96 Å². The first kappa shape index (κ1) is 21.8. The topological polar surface area (TPSA) is 43.8 Å². The molecule has 0 spiro atoms. The van der Waals surface area contributed by atoms with Crippen molar-refractivity contribution in [1.82, 2.24) is 15.2 Å². The lowest BCUT2D eigenvalue weighted by Crippen LogP contribution is -2.52. The molecule has 0 atom stereocenters. The summed E-state index contributed by atoms with van der Waals surface area (Å²) in [5, 5.41) is 4.35. The molecule has 0 amide bonds. The molecule has 9 heteroatoms. The van der Waals surface area contributed by atoms with Gasteiger partial charge in [-0.05, 0) is 26.0 Å². The Kier molecular flexibility index (Phi) is 8.21. The number of nitrogens with one attached hydrogen (secondary N) is 1. The van der Waals surface area contributed by atoms with E-state index in [1.54, 1.807) is 11.3 Å². The molecule has 5 nitrogen and oxygen atoms in total. The molecular weight excluding hydrogens is 483 g/mol. The highest BCUT2D eigenvalue weighted by Gasteiger charge is 2.22. The van der Waals surface area contributed by atoms with E-state index >= 15 is 0 Å². The van der Waals surface area contributed by atoms with Gasteiger partial charge in [0.1, 0.15) is 11.6 Å². The fourth-order valence-corrected chi connectivity index (χ4v) is 3.66. The molecule has 3 rings (SSSR count). The second kappa shape index (κ2) is 10.2. The van der Waals surface area contributed by atoms with Crippen LogP contribution in [0.2, 0.25) is 0 Å². The summed E-state index contributed by atoms with van der Waals surface area (Å²) in [6.45, 7) is 8.01. The number of hydrogen-bond acceptors (Lipinski definition) is 4. The van der Waals surface area contributed by atoms with Gasteiger partial charge in [0.05, 0.1) is 17.2 Å². The smallest absolute Gasteiger partial charge is 0.194 e. The first-order chi connectivity index (χ1) is 12.6. The Bertz CT molecular complexity index is 775. The van der Waals surface area contributed by atoms with Gasteiger partial charge in [0.25, 0.3) is 0 Å². The minimum absolute atomic E-state index is 0. The molecule has 0 unspecified atom stereocenters. The van der Waals surface area contributed by atoms with Crippen LogP contribution in [0.3, 0.4) is 0 Å². The zero-order valence-corrected chi connectivity index (χ0v) is 18.6. The molecule has 0 saturated carbocycles. The van der Waals surface area contributed by atoms with Gasteiger partial charge in [-0.1, -0.05) is 0 Å². The normalized spacial score (nSPS) is 14.9. The van der Waals surface area contributed by atoms with Crippen molar-refractivity contribution in [3.8, 4) is 0 Å². The first-order valence-electron chi connectivity index (χ1n) is 8.71. The number of benzene rings is 1. The Morgan fingerprint density at radius 2 is 2.00 bits per heavy atom. The van der Waals surface area contributed by atoms with Gasteiger partial charge in [0.2, 0.25) is 0 Å². The number of thiazole rings is 1. The molecule has 1 saturated heterocycles. The highest BCUT2D eigenvalue weighted by atomic mass is 127. The first-order valence-corrected chi connectivity index (χ1v) is 9.53. The predicted molar refractivity (Wildman–Crippen MR) is 117 cm³/mol. The molecule has 2 aromatic rings. The average molecular weight is 507 g/mol. The summed E-state index contributed by atoms with van der Waals surface area (Å²) in [5.41, 5.74) is 0.326. The van der Waals surface area contributed by atoms with Gasteiger partial charge >= 0.3 is 0 Å². The third-order valence-electron chi connectivity index (χ3n) is 4.22. The third-order valence-corrected chi connectivity index (χ3v) is 5.11. The van der Waals surface area contributed by atoms with Crippen LogP contribution in [0, 0.1) is 18.6 Å². The number of guanidine groups is 1. The summed E-state index contributed by atoms with van der Waals surface area (Å²) in [7, 11) is 0. The van der Waals surface area contributed by atoms with Crippen molar-refractivity contribution in [3.05, 3.63) is 45.9 Å². The summed E-state index contributed by atoms with van der Waals surface area (Å²) >= 11 is 1.65. The second-order valence-electron chi connectivity index (χ2n) is 6.09. The van der Waals surface area contributed by atoms with E-state index in [1.165, 1.54) is 12.1 Å². The number of piperazine rings is 1. The van der Waals surface area contributed by atoms with E-state index < -0.39 is 5.82 Å². The highest BCUT2D eigenvalue weighted by molar-refractivity contribution is 14.0. The molecule has 1 aromatic carbocycles. The fraction of sp³-hybridized carbons (Fsp3) is 0.444. The van der Waals surface area contributed by atoms with Crippen LogP contribution in [0.4, 0.5) is 14.5 Å². The van der Waals surface area contributed by atoms with Gasteiger partial charge < -0.3 is 15.1 Å². The fourth-order valence-electron chi connectivity index (χ4n) is 2.94. The van der Waals surface area contributed by atoms with E-state index in [9.17, 15) is 8.78 Å². The van der Waals surface area contributed by atoms with Crippen LogP contribution < -0.4 is 10.2 Å². The number of aryl methyl sites for hydroxylation is 1. The van der Waals surface area contributed by atoms with Gasteiger partial charge in [-0.25, -0.2) is 18.8 Å². The van der Waals surface area contributed by atoms with Crippen molar-refractivity contribution < 1.29 is 8.78 Å². The molecule has 0 radical (unpaired) electrons. The maximum atomic E-state index is 14.0. The Balaban J connectivity index is 0.00000261. The van der Waals surface area contributed by atoms with E-state index in [0.29, 0.717) is 38.4 Å². The summed E-state index contributed by atoms with van der Waals surface area (Å²) in [5.74, 6) is 0.0393. The van der Waals surface area contributed by atoms with Crippen molar-refractivity contribution >= 4 is 47.0 Å². The van der Waals surface area contributed by atoms with Gasteiger partial charge in [-0.15, -0.1) is 35.3 Å². The lowest BCUT2D eigenvalue weighted by Gasteiger charge is -2.37. The number of hydrogen-bond donors (Lipinski definition) is 1. The minimum atomic E-state index is -0.418. The largest absolute Gasteiger partial charge is 0.366 e. The van der Waals surface area contributed by atoms with Crippen molar-refractivity contribution in [2.75, 3.05) is 37.6 Å². The van der Waals surface area contributed by atoms with Crippen molar-refractivity contribution in [1.29, 1.82) is 0 Å². The Morgan fingerprint density at radius 3 is 2.63 bits per heavy atom. The molecule has 1 aromatic heterocycles. The Hall–Kier alpha value is -1.49. The minimum Gasteiger partial charge on any atom is -0.366 e. The molecule has 27 heavy (non-hydrogen) atoms. The van der Waals surface area contributed by atoms with E-state index in [2.05, 4.69) is 15.2 Å². The number of halogens is 3. The van der Waals surface area contributed by atoms with Crippen molar-refractivity contribution in [3.63, 3.8) is 0 Å². The number of nitrogens with zero attached hydrogens (tertiary/aromatic N) is 4. The maximum absolute atomic E-state index is 14.0. The quantitative estimate of drug-likeness (QED) is 0.390.